The first kappa shape index (κ1) is 15.6. The van der Waals surface area contributed by atoms with Crippen molar-refractivity contribution in [3.8, 4) is 0 Å². The van der Waals surface area contributed by atoms with Crippen LogP contribution in [-0.2, 0) is 0 Å². The van der Waals surface area contributed by atoms with E-state index in [1.807, 2.05) is 4.90 Å². The summed E-state index contributed by atoms with van der Waals surface area (Å²) in [4.78, 5) is 2.18. The first-order chi connectivity index (χ1) is 9.51. The molecule has 1 atom stereocenters. The first-order valence-electron chi connectivity index (χ1n) is 6.41. The largest absolute Gasteiger partial charge is 0.446 e. The molecule has 0 unspecified atom stereocenters. The number of thioether (sulfide) groups is 1. The summed E-state index contributed by atoms with van der Waals surface area (Å²) in [7, 11) is 0. The van der Waals surface area contributed by atoms with Crippen LogP contribution in [-0.4, -0.2) is 48.3 Å². The predicted octanol–water partition coefficient (Wildman–Crippen LogP) is 2.24. The number of aliphatic hydroxyl groups excluding tert-OH is 1. The molecule has 1 aliphatic rings. The normalized spacial score (nSPS) is 19.0. The van der Waals surface area contributed by atoms with Gasteiger partial charge in [-0.3, -0.25) is 4.90 Å². The summed E-state index contributed by atoms with van der Waals surface area (Å²) in [6, 6.07) is 6.03. The van der Waals surface area contributed by atoms with E-state index >= 15 is 0 Å². The molecule has 1 heterocycles. The number of halogens is 3. The summed E-state index contributed by atoms with van der Waals surface area (Å²) in [5, 5.41) is 12.8. The van der Waals surface area contributed by atoms with Gasteiger partial charge in [0.05, 0.1) is 12.6 Å². The van der Waals surface area contributed by atoms with Gasteiger partial charge >= 0.3 is 5.51 Å². The molecule has 0 bridgehead atoms. The number of alkyl halides is 3. The number of rotatable bonds is 4. The molecule has 112 valence electrons. The van der Waals surface area contributed by atoms with E-state index in [0.29, 0.717) is 5.56 Å². The highest BCUT2D eigenvalue weighted by molar-refractivity contribution is 8.00. The van der Waals surface area contributed by atoms with Crippen LogP contribution in [0.25, 0.3) is 0 Å². The molecule has 2 rings (SSSR count). The number of hydrogen-bond donors (Lipinski definition) is 2. The topological polar surface area (TPSA) is 35.5 Å². The van der Waals surface area contributed by atoms with Gasteiger partial charge in [-0.1, -0.05) is 18.2 Å². The monoisotopic (exact) mass is 306 g/mol. The lowest BCUT2D eigenvalue weighted by Crippen LogP contribution is -2.46. The average Bonchev–Trinajstić information content (AvgIpc) is 2.41. The number of nitrogens with zero attached hydrogens (tertiary/aromatic N) is 1. The van der Waals surface area contributed by atoms with E-state index in [0.717, 1.165) is 26.2 Å². The summed E-state index contributed by atoms with van der Waals surface area (Å²) in [6.07, 6.45) is 0. The third-order valence-corrected chi connectivity index (χ3v) is 4.09. The maximum atomic E-state index is 12.6. The van der Waals surface area contributed by atoms with Crippen molar-refractivity contribution in [1.82, 2.24) is 10.2 Å². The smallest absolute Gasteiger partial charge is 0.394 e. The molecular weight excluding hydrogens is 289 g/mol. The van der Waals surface area contributed by atoms with Crippen LogP contribution < -0.4 is 5.32 Å². The van der Waals surface area contributed by atoms with Crippen molar-refractivity contribution in [2.24, 2.45) is 0 Å². The molecular formula is C13H17F3N2OS. The maximum Gasteiger partial charge on any atom is 0.446 e. The molecule has 1 fully saturated rings. The van der Waals surface area contributed by atoms with Gasteiger partial charge in [-0.2, -0.15) is 13.2 Å². The summed E-state index contributed by atoms with van der Waals surface area (Å²) in [5.74, 6) is 0. The molecule has 0 aliphatic carbocycles. The second kappa shape index (κ2) is 6.80. The Hall–Kier alpha value is -0.760. The van der Waals surface area contributed by atoms with Crippen LogP contribution in [0.1, 0.15) is 11.6 Å². The molecule has 0 spiro atoms. The van der Waals surface area contributed by atoms with Crippen LogP contribution in [0.15, 0.2) is 29.2 Å². The number of aliphatic hydroxyl groups is 1. The van der Waals surface area contributed by atoms with E-state index in [1.54, 1.807) is 18.2 Å². The highest BCUT2D eigenvalue weighted by Gasteiger charge is 2.32. The van der Waals surface area contributed by atoms with Gasteiger partial charge in [0, 0.05) is 31.1 Å². The predicted molar refractivity (Wildman–Crippen MR) is 72.6 cm³/mol. The van der Waals surface area contributed by atoms with Crippen molar-refractivity contribution >= 4 is 11.8 Å². The minimum Gasteiger partial charge on any atom is -0.394 e. The standard InChI is InChI=1S/C13H17F3N2OS/c14-13(15,16)20-12-4-2-1-3-10(12)11(9-19)18-7-5-17-6-8-18/h1-4,11,17,19H,5-9H2/t11-/m1/s1. The molecule has 0 saturated carbocycles. The zero-order chi connectivity index (χ0) is 14.6. The Labute approximate surface area is 120 Å². The van der Waals surface area contributed by atoms with Gasteiger partial charge in [0.25, 0.3) is 0 Å². The fourth-order valence-electron chi connectivity index (χ4n) is 2.38. The molecule has 1 saturated heterocycles. The summed E-state index contributed by atoms with van der Waals surface area (Å²) < 4.78 is 37.8. The van der Waals surface area contributed by atoms with Crippen molar-refractivity contribution < 1.29 is 18.3 Å². The minimum absolute atomic E-state index is 0.118. The zero-order valence-corrected chi connectivity index (χ0v) is 11.7. The maximum absolute atomic E-state index is 12.6. The van der Waals surface area contributed by atoms with Gasteiger partial charge in [0.1, 0.15) is 0 Å². The lowest BCUT2D eigenvalue weighted by Gasteiger charge is -2.35. The third-order valence-electron chi connectivity index (χ3n) is 3.27. The zero-order valence-electron chi connectivity index (χ0n) is 10.9. The first-order valence-corrected chi connectivity index (χ1v) is 7.23. The Kier molecular flexibility index (Phi) is 5.31. The quantitative estimate of drug-likeness (QED) is 0.836. The van der Waals surface area contributed by atoms with E-state index in [4.69, 9.17) is 0 Å². The van der Waals surface area contributed by atoms with Crippen molar-refractivity contribution in [2.45, 2.75) is 16.4 Å². The Balaban J connectivity index is 2.24. The third kappa shape index (κ3) is 4.12. The van der Waals surface area contributed by atoms with Crippen LogP contribution >= 0.6 is 11.8 Å². The van der Waals surface area contributed by atoms with E-state index < -0.39 is 5.51 Å². The van der Waals surface area contributed by atoms with E-state index in [-0.39, 0.29) is 29.3 Å². The molecule has 3 nitrogen and oxygen atoms in total. The lowest BCUT2D eigenvalue weighted by molar-refractivity contribution is -0.0329. The number of hydrogen-bond acceptors (Lipinski definition) is 4. The van der Waals surface area contributed by atoms with Gasteiger partial charge in [0.2, 0.25) is 0 Å². The number of benzene rings is 1. The van der Waals surface area contributed by atoms with Crippen LogP contribution in [0.3, 0.4) is 0 Å². The Morgan fingerprint density at radius 2 is 1.90 bits per heavy atom. The number of piperazine rings is 1. The SMILES string of the molecule is OC[C@H](c1ccccc1SC(F)(F)F)N1CCNCC1. The van der Waals surface area contributed by atoms with Gasteiger partial charge in [-0.25, -0.2) is 0 Å². The average molecular weight is 306 g/mol. The molecule has 7 heteroatoms. The fraction of sp³-hybridized carbons (Fsp3) is 0.538. The molecule has 0 amide bonds. The van der Waals surface area contributed by atoms with Crippen LogP contribution in [0, 0.1) is 0 Å². The van der Waals surface area contributed by atoms with Crippen LogP contribution in [0.5, 0.6) is 0 Å². The second-order valence-electron chi connectivity index (χ2n) is 4.57. The van der Waals surface area contributed by atoms with E-state index in [2.05, 4.69) is 5.32 Å². The van der Waals surface area contributed by atoms with Crippen molar-refractivity contribution in [3.05, 3.63) is 29.8 Å². The van der Waals surface area contributed by atoms with E-state index in [1.165, 1.54) is 6.07 Å². The Morgan fingerprint density at radius 1 is 1.25 bits per heavy atom. The summed E-state index contributed by atoms with van der Waals surface area (Å²) >= 11 is -0.118. The van der Waals surface area contributed by atoms with Crippen molar-refractivity contribution in [3.63, 3.8) is 0 Å². The van der Waals surface area contributed by atoms with Gasteiger partial charge in [0.15, 0.2) is 0 Å². The minimum atomic E-state index is -4.32. The Bertz CT molecular complexity index is 436. The van der Waals surface area contributed by atoms with Crippen LogP contribution in [0.4, 0.5) is 13.2 Å². The molecule has 1 aromatic rings. The number of nitrogens with one attached hydrogen (secondary N) is 1. The van der Waals surface area contributed by atoms with Crippen molar-refractivity contribution in [2.75, 3.05) is 32.8 Å². The molecule has 1 aromatic carbocycles. The molecule has 2 N–H and O–H groups in total. The second-order valence-corrected chi connectivity index (χ2v) is 5.68. The van der Waals surface area contributed by atoms with Crippen molar-refractivity contribution in [1.29, 1.82) is 0 Å². The summed E-state index contributed by atoms with van der Waals surface area (Å²) in [5.41, 5.74) is -3.78. The van der Waals surface area contributed by atoms with Gasteiger partial charge < -0.3 is 10.4 Å². The molecule has 0 aromatic heterocycles. The van der Waals surface area contributed by atoms with Crippen LogP contribution in [0.2, 0.25) is 0 Å². The van der Waals surface area contributed by atoms with Gasteiger partial charge in [-0.15, -0.1) is 0 Å². The molecule has 20 heavy (non-hydrogen) atoms. The molecule has 1 aliphatic heterocycles. The van der Waals surface area contributed by atoms with E-state index in [9.17, 15) is 18.3 Å². The highest BCUT2D eigenvalue weighted by Crippen LogP contribution is 2.40. The van der Waals surface area contributed by atoms with Gasteiger partial charge in [-0.05, 0) is 23.4 Å². The molecule has 0 radical (unpaired) electrons. The fourth-order valence-corrected chi connectivity index (χ4v) is 3.10. The Morgan fingerprint density at radius 3 is 2.50 bits per heavy atom. The lowest BCUT2D eigenvalue weighted by atomic mass is 10.1. The summed E-state index contributed by atoms with van der Waals surface area (Å²) in [6.45, 7) is 2.82. The highest BCUT2D eigenvalue weighted by atomic mass is 32.2.